The third-order valence-electron chi connectivity index (χ3n) is 11.1. The van der Waals surface area contributed by atoms with Gasteiger partial charge in [-0.3, -0.25) is 0 Å². The molecular formula is C50H29N5. The first kappa shape index (κ1) is 30.7. The van der Waals surface area contributed by atoms with Crippen LogP contribution in [0.2, 0.25) is 0 Å². The van der Waals surface area contributed by atoms with Gasteiger partial charge in [0.1, 0.15) is 12.1 Å². The van der Waals surface area contributed by atoms with Gasteiger partial charge in [0.25, 0.3) is 0 Å². The minimum Gasteiger partial charge on any atom is -0.309 e. The van der Waals surface area contributed by atoms with E-state index in [9.17, 15) is 10.5 Å². The predicted molar refractivity (Wildman–Crippen MR) is 224 cm³/mol. The normalized spacial score (nSPS) is 11.6. The van der Waals surface area contributed by atoms with Gasteiger partial charge in [-0.05, 0) is 72.3 Å². The number of fused-ring (bicyclic) bond motifs is 9. The van der Waals surface area contributed by atoms with Crippen LogP contribution in [0.1, 0.15) is 11.1 Å². The number of para-hydroxylation sites is 6. The number of nitrogens with zero attached hydrogens (tertiary/aromatic N) is 5. The van der Waals surface area contributed by atoms with E-state index in [1.54, 1.807) is 0 Å². The zero-order valence-electron chi connectivity index (χ0n) is 29.5. The third kappa shape index (κ3) is 4.39. The van der Waals surface area contributed by atoms with Crippen LogP contribution in [-0.4, -0.2) is 13.7 Å². The number of hydrogen-bond acceptors (Lipinski definition) is 2. The maximum absolute atomic E-state index is 10.7. The minimum atomic E-state index is 0.584. The van der Waals surface area contributed by atoms with Crippen molar-refractivity contribution in [2.75, 3.05) is 0 Å². The Hall–Kier alpha value is -7.86. The Morgan fingerprint density at radius 3 is 1.51 bits per heavy atom. The van der Waals surface area contributed by atoms with Crippen molar-refractivity contribution in [3.05, 3.63) is 187 Å². The summed E-state index contributed by atoms with van der Waals surface area (Å²) in [5.41, 5.74) is 12.3. The van der Waals surface area contributed by atoms with Gasteiger partial charge in [-0.25, -0.2) is 0 Å². The van der Waals surface area contributed by atoms with Crippen LogP contribution in [0.15, 0.2) is 176 Å². The van der Waals surface area contributed by atoms with Crippen LogP contribution in [0.25, 0.3) is 93.6 Å². The largest absolute Gasteiger partial charge is 0.309 e. The number of rotatable bonds is 4. The molecule has 8 aromatic carbocycles. The van der Waals surface area contributed by atoms with Crippen molar-refractivity contribution in [2.45, 2.75) is 0 Å². The van der Waals surface area contributed by atoms with Crippen molar-refractivity contribution in [1.82, 2.24) is 13.7 Å². The second kappa shape index (κ2) is 11.8. The predicted octanol–water partition coefficient (Wildman–Crippen LogP) is 12.4. The fourth-order valence-corrected chi connectivity index (χ4v) is 8.84. The first-order chi connectivity index (χ1) is 27.2. The highest BCUT2D eigenvalue weighted by Gasteiger charge is 2.21. The number of benzene rings is 8. The van der Waals surface area contributed by atoms with E-state index < -0.39 is 0 Å². The van der Waals surface area contributed by atoms with Crippen LogP contribution < -0.4 is 0 Å². The second-order valence-electron chi connectivity index (χ2n) is 14.0. The fraction of sp³-hybridized carbons (Fsp3) is 0. The van der Waals surface area contributed by atoms with Crippen molar-refractivity contribution >= 4 is 65.4 Å². The molecule has 0 amide bonds. The molecule has 0 fully saturated rings. The van der Waals surface area contributed by atoms with Crippen LogP contribution in [0.4, 0.5) is 0 Å². The molecule has 0 radical (unpaired) electrons. The monoisotopic (exact) mass is 699 g/mol. The summed E-state index contributed by atoms with van der Waals surface area (Å²) in [6.07, 6.45) is 0. The number of aromatic nitrogens is 3. The van der Waals surface area contributed by atoms with Crippen molar-refractivity contribution in [3.63, 3.8) is 0 Å². The molecule has 0 unspecified atom stereocenters. The molecular weight excluding hydrogens is 671 g/mol. The Labute approximate surface area is 316 Å². The molecule has 0 saturated heterocycles. The highest BCUT2D eigenvalue weighted by Crippen LogP contribution is 2.41. The van der Waals surface area contributed by atoms with Gasteiger partial charge in [-0.2, -0.15) is 10.5 Å². The minimum absolute atomic E-state index is 0.584. The maximum Gasteiger partial charge on any atom is 0.101 e. The summed E-state index contributed by atoms with van der Waals surface area (Å²) >= 11 is 0. The van der Waals surface area contributed by atoms with Crippen molar-refractivity contribution in [1.29, 1.82) is 10.5 Å². The van der Waals surface area contributed by atoms with Crippen LogP contribution in [-0.2, 0) is 0 Å². The van der Waals surface area contributed by atoms with Gasteiger partial charge in [0.2, 0.25) is 0 Å². The lowest BCUT2D eigenvalue weighted by molar-refractivity contribution is 1.15. The quantitative estimate of drug-likeness (QED) is 0.184. The van der Waals surface area contributed by atoms with Gasteiger partial charge in [-0.15, -0.1) is 0 Å². The summed E-state index contributed by atoms with van der Waals surface area (Å²) < 4.78 is 6.80. The molecule has 0 saturated carbocycles. The summed E-state index contributed by atoms with van der Waals surface area (Å²) in [5.74, 6) is 0. The Morgan fingerprint density at radius 2 is 0.836 bits per heavy atom. The van der Waals surface area contributed by atoms with Gasteiger partial charge in [-0.1, -0.05) is 109 Å². The summed E-state index contributed by atoms with van der Waals surface area (Å²) in [6, 6.07) is 65.9. The average Bonchev–Trinajstić information content (AvgIpc) is 3.89. The lowest BCUT2D eigenvalue weighted by Crippen LogP contribution is -2.02. The Morgan fingerprint density at radius 1 is 0.345 bits per heavy atom. The molecule has 3 aromatic heterocycles. The molecule has 254 valence electrons. The van der Waals surface area contributed by atoms with E-state index in [4.69, 9.17) is 0 Å². The van der Waals surface area contributed by atoms with E-state index in [1.807, 2.05) is 36.4 Å². The molecule has 0 aliphatic carbocycles. The molecule has 55 heavy (non-hydrogen) atoms. The van der Waals surface area contributed by atoms with Crippen LogP contribution >= 0.6 is 0 Å². The highest BCUT2D eigenvalue weighted by atomic mass is 15.0. The molecule has 11 aromatic rings. The van der Waals surface area contributed by atoms with Crippen molar-refractivity contribution < 1.29 is 0 Å². The first-order valence-electron chi connectivity index (χ1n) is 18.3. The number of nitriles is 2. The lowest BCUT2D eigenvalue weighted by Gasteiger charge is -2.17. The Kier molecular flexibility index (Phi) is 6.61. The molecule has 0 bridgehead atoms. The standard InChI is InChI=1S/C50H29N5/c51-30-33-13-10-20-37(32-12-9-15-35(28-32)54-46-24-7-3-18-40(46)42-21-11-14-34(31-52)50(42)54)49(33)55-47-25-8-4-19-41(47)43-29-36(26-27-48(43)55)53-44-22-5-1-16-38(44)39-17-2-6-23-45(39)53/h1-29H. The van der Waals surface area contributed by atoms with Crippen LogP contribution in [0, 0.1) is 22.7 Å². The maximum atomic E-state index is 10.7. The van der Waals surface area contributed by atoms with Gasteiger partial charge >= 0.3 is 0 Å². The molecule has 0 spiro atoms. The molecule has 5 nitrogen and oxygen atoms in total. The van der Waals surface area contributed by atoms with Gasteiger partial charge in [0.05, 0.1) is 49.9 Å². The van der Waals surface area contributed by atoms with E-state index >= 15 is 0 Å². The SMILES string of the molecule is N#Cc1cccc(-c2cccc(-n3c4ccccc4c4cccc(C#N)c43)c2)c1-n1c2ccccc2c2cc(-n3c4ccccc4c4ccccc43)ccc21. The smallest absolute Gasteiger partial charge is 0.101 e. The third-order valence-corrected chi connectivity index (χ3v) is 11.1. The molecule has 0 aliphatic rings. The van der Waals surface area contributed by atoms with E-state index in [2.05, 4.69) is 165 Å². The first-order valence-corrected chi connectivity index (χ1v) is 18.3. The zero-order chi connectivity index (χ0) is 36.6. The summed E-state index contributed by atoms with van der Waals surface area (Å²) in [6.45, 7) is 0. The fourth-order valence-electron chi connectivity index (χ4n) is 8.84. The second-order valence-corrected chi connectivity index (χ2v) is 14.0. The molecule has 0 N–H and O–H groups in total. The molecule has 0 aliphatic heterocycles. The summed E-state index contributed by atoms with van der Waals surface area (Å²) in [7, 11) is 0. The van der Waals surface area contributed by atoms with Gasteiger partial charge < -0.3 is 13.7 Å². The average molecular weight is 700 g/mol. The Balaban J connectivity index is 1.16. The molecule has 3 heterocycles. The summed E-state index contributed by atoms with van der Waals surface area (Å²) in [5, 5.41) is 27.7. The molecule has 5 heteroatoms. The van der Waals surface area contributed by atoms with E-state index in [-0.39, 0.29) is 0 Å². The van der Waals surface area contributed by atoms with Gasteiger partial charge in [0.15, 0.2) is 0 Å². The highest BCUT2D eigenvalue weighted by molar-refractivity contribution is 6.13. The van der Waals surface area contributed by atoms with Gasteiger partial charge in [0, 0.05) is 49.3 Å². The van der Waals surface area contributed by atoms with E-state index in [0.29, 0.717) is 11.1 Å². The Bertz CT molecular complexity index is 3420. The van der Waals surface area contributed by atoms with E-state index in [0.717, 1.165) is 82.8 Å². The van der Waals surface area contributed by atoms with Crippen LogP contribution in [0.5, 0.6) is 0 Å². The summed E-state index contributed by atoms with van der Waals surface area (Å²) in [4.78, 5) is 0. The van der Waals surface area contributed by atoms with Crippen molar-refractivity contribution in [3.8, 4) is 40.3 Å². The lowest BCUT2D eigenvalue weighted by atomic mass is 9.99. The number of hydrogen-bond donors (Lipinski definition) is 0. The topological polar surface area (TPSA) is 62.4 Å². The van der Waals surface area contributed by atoms with E-state index in [1.165, 1.54) is 10.8 Å². The molecule has 11 rings (SSSR count). The molecule has 0 atom stereocenters. The van der Waals surface area contributed by atoms with Crippen molar-refractivity contribution in [2.24, 2.45) is 0 Å². The van der Waals surface area contributed by atoms with Crippen LogP contribution in [0.3, 0.4) is 0 Å². The zero-order valence-corrected chi connectivity index (χ0v) is 29.5.